The third-order valence-electron chi connectivity index (χ3n) is 12.7. The average Bonchev–Trinajstić information content (AvgIpc) is 3.88. The van der Waals surface area contributed by atoms with Gasteiger partial charge in [-0.2, -0.15) is 0 Å². The molecule has 5 nitrogen and oxygen atoms in total. The molecular formula is C59H37N5. The summed E-state index contributed by atoms with van der Waals surface area (Å²) in [5.41, 5.74) is 12.0. The Morgan fingerprint density at radius 2 is 0.797 bits per heavy atom. The summed E-state index contributed by atoms with van der Waals surface area (Å²) >= 11 is 0. The van der Waals surface area contributed by atoms with E-state index in [1.165, 1.54) is 48.9 Å². The standard InChI is InChI=1S/C59H37N5/c1-2-16-40(17-3-1)57-60-58(62-59(61-57)51-25-13-19-39-15-6-7-22-47(39)51)44-20-12-21-45(35-44)64-53-26-10-8-23-48(53)50-32-29-43(37-56(50)64)42-30-33-55-52(36-42)49-24-9-11-27-54(49)63(55)46-31-28-38-14-4-5-18-41(38)34-46/h1-37H. The maximum atomic E-state index is 5.20. The molecule has 10 aromatic carbocycles. The van der Waals surface area contributed by atoms with Crippen molar-refractivity contribution in [3.05, 3.63) is 224 Å². The van der Waals surface area contributed by atoms with Crippen LogP contribution in [0, 0.1) is 0 Å². The van der Waals surface area contributed by atoms with Crippen molar-refractivity contribution < 1.29 is 0 Å². The fourth-order valence-electron chi connectivity index (χ4n) is 9.72. The van der Waals surface area contributed by atoms with Crippen molar-refractivity contribution in [2.75, 3.05) is 0 Å². The number of fused-ring (bicyclic) bond motifs is 8. The molecule has 0 unspecified atom stereocenters. The SMILES string of the molecule is c1ccc(-c2nc(-c3cccc(-n4c5ccccc5c5ccc(-c6ccc7c(c6)c6ccccc6n7-c6ccc7ccccc7c6)cc54)c3)nc(-c3cccc4ccccc34)n2)cc1. The maximum Gasteiger partial charge on any atom is 0.164 e. The topological polar surface area (TPSA) is 48.5 Å². The van der Waals surface area contributed by atoms with Crippen LogP contribution < -0.4 is 0 Å². The first-order chi connectivity index (χ1) is 31.7. The van der Waals surface area contributed by atoms with Crippen LogP contribution in [-0.4, -0.2) is 24.1 Å². The molecule has 0 aliphatic heterocycles. The van der Waals surface area contributed by atoms with Crippen LogP contribution >= 0.6 is 0 Å². The van der Waals surface area contributed by atoms with E-state index >= 15 is 0 Å². The highest BCUT2D eigenvalue weighted by Gasteiger charge is 2.19. The molecule has 0 saturated heterocycles. The lowest BCUT2D eigenvalue weighted by atomic mass is 10.0. The van der Waals surface area contributed by atoms with E-state index in [1.807, 2.05) is 18.2 Å². The van der Waals surface area contributed by atoms with Crippen LogP contribution in [0.1, 0.15) is 0 Å². The molecule has 0 saturated carbocycles. The van der Waals surface area contributed by atoms with Crippen LogP contribution in [0.25, 0.3) is 122 Å². The Balaban J connectivity index is 0.964. The molecule has 13 aromatic rings. The fourth-order valence-corrected chi connectivity index (χ4v) is 9.72. The highest BCUT2D eigenvalue weighted by atomic mass is 15.0. The average molecular weight is 816 g/mol. The number of aromatic nitrogens is 5. The molecule has 298 valence electrons. The van der Waals surface area contributed by atoms with Gasteiger partial charge >= 0.3 is 0 Å². The van der Waals surface area contributed by atoms with Gasteiger partial charge < -0.3 is 9.13 Å². The monoisotopic (exact) mass is 815 g/mol. The number of para-hydroxylation sites is 2. The van der Waals surface area contributed by atoms with E-state index in [9.17, 15) is 0 Å². The van der Waals surface area contributed by atoms with Crippen LogP contribution in [-0.2, 0) is 0 Å². The van der Waals surface area contributed by atoms with E-state index < -0.39 is 0 Å². The van der Waals surface area contributed by atoms with E-state index in [-0.39, 0.29) is 0 Å². The van der Waals surface area contributed by atoms with Crippen molar-refractivity contribution in [3.63, 3.8) is 0 Å². The second-order valence-electron chi connectivity index (χ2n) is 16.4. The summed E-state index contributed by atoms with van der Waals surface area (Å²) in [5.74, 6) is 1.90. The molecular weight excluding hydrogens is 779 g/mol. The molecule has 0 spiro atoms. The van der Waals surface area contributed by atoms with E-state index in [2.05, 4.69) is 215 Å². The predicted octanol–water partition coefficient (Wildman–Crippen LogP) is 15.0. The Morgan fingerprint density at radius 3 is 1.62 bits per heavy atom. The number of nitrogens with zero attached hydrogens (tertiary/aromatic N) is 5. The molecule has 0 fully saturated rings. The third kappa shape index (κ3) is 5.83. The smallest absolute Gasteiger partial charge is 0.164 e. The number of rotatable bonds is 6. The van der Waals surface area contributed by atoms with E-state index in [0.717, 1.165) is 55.4 Å². The van der Waals surface area contributed by atoms with Crippen LogP contribution in [0.15, 0.2) is 224 Å². The van der Waals surface area contributed by atoms with E-state index in [4.69, 9.17) is 15.0 Å². The number of benzene rings is 10. The highest BCUT2D eigenvalue weighted by molar-refractivity contribution is 6.12. The van der Waals surface area contributed by atoms with Crippen molar-refractivity contribution >= 4 is 65.2 Å². The summed E-state index contributed by atoms with van der Waals surface area (Å²) in [6, 6.07) is 80.0. The zero-order valence-electron chi connectivity index (χ0n) is 34.6. The second kappa shape index (κ2) is 14.5. The van der Waals surface area contributed by atoms with Gasteiger partial charge in [-0.05, 0) is 87.3 Å². The van der Waals surface area contributed by atoms with Crippen LogP contribution in [0.2, 0.25) is 0 Å². The minimum Gasteiger partial charge on any atom is -0.309 e. The van der Waals surface area contributed by atoms with Gasteiger partial charge in [0.2, 0.25) is 0 Å². The molecule has 0 aliphatic carbocycles. The van der Waals surface area contributed by atoms with Crippen molar-refractivity contribution in [1.29, 1.82) is 0 Å². The predicted molar refractivity (Wildman–Crippen MR) is 265 cm³/mol. The normalized spacial score (nSPS) is 11.8. The fraction of sp³-hybridized carbons (Fsp3) is 0. The van der Waals surface area contributed by atoms with Gasteiger partial charge in [0.15, 0.2) is 17.5 Å². The number of hydrogen-bond acceptors (Lipinski definition) is 3. The van der Waals surface area contributed by atoms with Gasteiger partial charge in [-0.1, -0.05) is 170 Å². The molecule has 0 radical (unpaired) electrons. The Morgan fingerprint density at radius 1 is 0.250 bits per heavy atom. The summed E-state index contributed by atoms with van der Waals surface area (Å²) in [7, 11) is 0. The van der Waals surface area contributed by atoms with Gasteiger partial charge in [-0.25, -0.2) is 15.0 Å². The molecule has 0 N–H and O–H groups in total. The summed E-state index contributed by atoms with van der Waals surface area (Å²) < 4.78 is 4.78. The lowest BCUT2D eigenvalue weighted by Gasteiger charge is -2.13. The Bertz CT molecular complexity index is 3970. The van der Waals surface area contributed by atoms with Crippen molar-refractivity contribution in [2.24, 2.45) is 0 Å². The Kier molecular flexibility index (Phi) is 8.15. The maximum absolute atomic E-state index is 5.20. The lowest BCUT2D eigenvalue weighted by Crippen LogP contribution is -2.01. The number of hydrogen-bond donors (Lipinski definition) is 0. The Hall–Kier alpha value is -8.67. The van der Waals surface area contributed by atoms with Gasteiger partial charge in [0, 0.05) is 49.6 Å². The van der Waals surface area contributed by atoms with Gasteiger partial charge in [0.05, 0.1) is 22.1 Å². The molecule has 64 heavy (non-hydrogen) atoms. The molecule has 3 heterocycles. The van der Waals surface area contributed by atoms with Gasteiger partial charge in [-0.15, -0.1) is 0 Å². The molecule has 3 aromatic heterocycles. The first kappa shape index (κ1) is 36.0. The molecule has 5 heteroatoms. The molecule has 0 atom stereocenters. The first-order valence-electron chi connectivity index (χ1n) is 21.7. The Labute approximate surface area is 368 Å². The minimum atomic E-state index is 0.622. The quantitative estimate of drug-likeness (QED) is 0.168. The largest absolute Gasteiger partial charge is 0.309 e. The van der Waals surface area contributed by atoms with Gasteiger partial charge in [-0.3, -0.25) is 0 Å². The third-order valence-corrected chi connectivity index (χ3v) is 12.7. The van der Waals surface area contributed by atoms with Crippen LogP contribution in [0.4, 0.5) is 0 Å². The molecule has 0 aliphatic rings. The second-order valence-corrected chi connectivity index (χ2v) is 16.4. The molecule has 0 bridgehead atoms. The van der Waals surface area contributed by atoms with Crippen molar-refractivity contribution in [2.45, 2.75) is 0 Å². The molecule has 13 rings (SSSR count). The zero-order valence-corrected chi connectivity index (χ0v) is 34.6. The van der Waals surface area contributed by atoms with Crippen LogP contribution in [0.5, 0.6) is 0 Å². The summed E-state index contributed by atoms with van der Waals surface area (Å²) in [6.45, 7) is 0. The lowest BCUT2D eigenvalue weighted by molar-refractivity contribution is 1.07. The summed E-state index contributed by atoms with van der Waals surface area (Å²) in [5, 5.41) is 9.57. The van der Waals surface area contributed by atoms with Gasteiger partial charge in [0.25, 0.3) is 0 Å². The highest BCUT2D eigenvalue weighted by Crippen LogP contribution is 2.39. The minimum absolute atomic E-state index is 0.622. The van der Waals surface area contributed by atoms with Crippen molar-refractivity contribution in [1.82, 2.24) is 24.1 Å². The zero-order chi connectivity index (χ0) is 42.1. The summed E-state index contributed by atoms with van der Waals surface area (Å²) in [6.07, 6.45) is 0. The van der Waals surface area contributed by atoms with E-state index in [1.54, 1.807) is 0 Å². The van der Waals surface area contributed by atoms with Crippen LogP contribution in [0.3, 0.4) is 0 Å². The van der Waals surface area contributed by atoms with Crippen molar-refractivity contribution in [3.8, 4) is 56.7 Å². The summed E-state index contributed by atoms with van der Waals surface area (Å²) in [4.78, 5) is 15.4. The molecule has 0 amide bonds. The van der Waals surface area contributed by atoms with Gasteiger partial charge in [0.1, 0.15) is 0 Å². The first-order valence-corrected chi connectivity index (χ1v) is 21.7. The van der Waals surface area contributed by atoms with E-state index in [0.29, 0.717) is 17.5 Å².